The van der Waals surface area contributed by atoms with Crippen LogP contribution >= 0.6 is 0 Å². The lowest BCUT2D eigenvalue weighted by Gasteiger charge is -2.38. The molecular formula is C30H37N3O4. The molecule has 1 aliphatic rings. The van der Waals surface area contributed by atoms with Gasteiger partial charge in [-0.3, -0.25) is 4.90 Å². The number of rotatable bonds is 10. The lowest BCUT2D eigenvalue weighted by atomic mass is 9.99. The van der Waals surface area contributed by atoms with Crippen LogP contribution in [-0.2, 0) is 29.2 Å². The van der Waals surface area contributed by atoms with Crippen LogP contribution < -0.4 is 10.6 Å². The van der Waals surface area contributed by atoms with Crippen molar-refractivity contribution in [1.29, 1.82) is 0 Å². The SMILES string of the molecule is CCNC(=O)NCc1ccc(C2OC(CN(C)Cc3ccccc3)CC(c3ccc(CO)cc3)O2)cc1. The molecule has 3 atom stereocenters. The molecule has 3 aromatic rings. The van der Waals surface area contributed by atoms with Gasteiger partial charge in [0.1, 0.15) is 0 Å². The first-order chi connectivity index (χ1) is 18.0. The van der Waals surface area contributed by atoms with E-state index >= 15 is 0 Å². The first-order valence-electron chi connectivity index (χ1n) is 12.9. The molecule has 0 aromatic heterocycles. The molecule has 3 aromatic carbocycles. The van der Waals surface area contributed by atoms with E-state index in [1.165, 1.54) is 5.56 Å². The Hall–Kier alpha value is -3.23. The Labute approximate surface area is 219 Å². The summed E-state index contributed by atoms with van der Waals surface area (Å²) in [7, 11) is 2.11. The summed E-state index contributed by atoms with van der Waals surface area (Å²) < 4.78 is 12.9. The minimum Gasteiger partial charge on any atom is -0.392 e. The molecule has 196 valence electrons. The van der Waals surface area contributed by atoms with Crippen LogP contribution in [0.5, 0.6) is 0 Å². The molecule has 4 rings (SSSR count). The van der Waals surface area contributed by atoms with Crippen molar-refractivity contribution in [1.82, 2.24) is 15.5 Å². The Kier molecular flexibility index (Phi) is 9.68. The van der Waals surface area contributed by atoms with E-state index in [2.05, 4.69) is 46.8 Å². The molecule has 37 heavy (non-hydrogen) atoms. The zero-order valence-electron chi connectivity index (χ0n) is 21.6. The number of nitrogens with zero attached hydrogens (tertiary/aromatic N) is 1. The van der Waals surface area contributed by atoms with Crippen LogP contribution in [0.4, 0.5) is 4.79 Å². The predicted octanol–water partition coefficient (Wildman–Crippen LogP) is 4.68. The summed E-state index contributed by atoms with van der Waals surface area (Å²) in [6, 6.07) is 26.2. The van der Waals surface area contributed by atoms with E-state index in [-0.39, 0.29) is 24.8 Å². The van der Waals surface area contributed by atoms with Crippen molar-refractivity contribution in [2.75, 3.05) is 20.1 Å². The Morgan fingerprint density at radius 1 is 0.892 bits per heavy atom. The van der Waals surface area contributed by atoms with Crippen molar-refractivity contribution in [2.45, 2.75) is 51.5 Å². The molecule has 0 spiro atoms. The van der Waals surface area contributed by atoms with Gasteiger partial charge < -0.3 is 25.2 Å². The average molecular weight is 504 g/mol. The highest BCUT2D eigenvalue weighted by atomic mass is 16.7. The molecule has 2 amide bonds. The normalized spacial score (nSPS) is 19.5. The number of aliphatic hydroxyl groups excluding tert-OH is 1. The van der Waals surface area contributed by atoms with E-state index in [1.54, 1.807) is 0 Å². The molecule has 0 radical (unpaired) electrons. The maximum absolute atomic E-state index is 11.7. The van der Waals surface area contributed by atoms with Crippen LogP contribution in [0, 0.1) is 0 Å². The minimum atomic E-state index is -0.503. The number of benzene rings is 3. The fourth-order valence-electron chi connectivity index (χ4n) is 4.54. The van der Waals surface area contributed by atoms with Crippen molar-refractivity contribution >= 4 is 6.03 Å². The largest absolute Gasteiger partial charge is 0.392 e. The second-order valence-corrected chi connectivity index (χ2v) is 9.49. The summed E-state index contributed by atoms with van der Waals surface area (Å²) in [4.78, 5) is 14.0. The van der Waals surface area contributed by atoms with Crippen molar-refractivity contribution in [3.8, 4) is 0 Å². The predicted molar refractivity (Wildman–Crippen MR) is 144 cm³/mol. The van der Waals surface area contributed by atoms with E-state index in [1.807, 2.05) is 61.5 Å². The Morgan fingerprint density at radius 2 is 1.57 bits per heavy atom. The molecule has 7 heteroatoms. The molecule has 0 saturated carbocycles. The number of carbonyl (C=O) groups is 1. The maximum Gasteiger partial charge on any atom is 0.315 e. The molecular weight excluding hydrogens is 466 g/mol. The van der Waals surface area contributed by atoms with Crippen LogP contribution in [0.3, 0.4) is 0 Å². The highest BCUT2D eigenvalue weighted by Crippen LogP contribution is 2.38. The Morgan fingerprint density at radius 3 is 2.24 bits per heavy atom. The van der Waals surface area contributed by atoms with Gasteiger partial charge in [0.15, 0.2) is 6.29 Å². The summed E-state index contributed by atoms with van der Waals surface area (Å²) in [5, 5.41) is 15.0. The number of urea groups is 1. The van der Waals surface area contributed by atoms with Gasteiger partial charge in [0.05, 0.1) is 18.8 Å². The number of hydrogen-bond donors (Lipinski definition) is 3. The first-order valence-corrected chi connectivity index (χ1v) is 12.9. The number of nitrogens with one attached hydrogen (secondary N) is 2. The minimum absolute atomic E-state index is 0.0194. The first kappa shape index (κ1) is 26.8. The summed E-state index contributed by atoms with van der Waals surface area (Å²) in [6.45, 7) is 4.56. The van der Waals surface area contributed by atoms with E-state index < -0.39 is 6.29 Å². The Bertz CT molecular complexity index is 1110. The quantitative estimate of drug-likeness (QED) is 0.374. The third-order valence-corrected chi connectivity index (χ3v) is 6.47. The van der Waals surface area contributed by atoms with Crippen molar-refractivity contribution in [3.05, 3.63) is 107 Å². The molecule has 3 unspecified atom stereocenters. The van der Waals surface area contributed by atoms with Crippen LogP contribution in [0.25, 0.3) is 0 Å². The van der Waals surface area contributed by atoms with Crippen LogP contribution in [0.1, 0.15) is 53.6 Å². The second-order valence-electron chi connectivity index (χ2n) is 9.49. The van der Waals surface area contributed by atoms with Gasteiger partial charge in [0.25, 0.3) is 0 Å². The summed E-state index contributed by atoms with van der Waals surface area (Å²) >= 11 is 0. The zero-order valence-corrected chi connectivity index (χ0v) is 21.6. The number of amides is 2. The molecule has 1 saturated heterocycles. The fraction of sp³-hybridized carbons (Fsp3) is 0.367. The number of likely N-dealkylation sites (N-methyl/N-ethyl adjacent to an activating group) is 1. The van der Waals surface area contributed by atoms with Gasteiger partial charge in [-0.05, 0) is 36.2 Å². The lowest BCUT2D eigenvalue weighted by molar-refractivity contribution is -0.252. The lowest BCUT2D eigenvalue weighted by Crippen LogP contribution is -2.37. The number of hydrogen-bond acceptors (Lipinski definition) is 5. The van der Waals surface area contributed by atoms with Gasteiger partial charge in [-0.25, -0.2) is 4.79 Å². The van der Waals surface area contributed by atoms with Crippen LogP contribution in [0.15, 0.2) is 78.9 Å². The molecule has 0 aliphatic carbocycles. The summed E-state index contributed by atoms with van der Waals surface area (Å²) in [6.07, 6.45) is 0.0920. The van der Waals surface area contributed by atoms with Gasteiger partial charge >= 0.3 is 6.03 Å². The maximum atomic E-state index is 11.7. The van der Waals surface area contributed by atoms with E-state index in [4.69, 9.17) is 9.47 Å². The molecule has 1 fully saturated rings. The average Bonchev–Trinajstić information content (AvgIpc) is 2.93. The van der Waals surface area contributed by atoms with Gasteiger partial charge in [-0.15, -0.1) is 0 Å². The van der Waals surface area contributed by atoms with Gasteiger partial charge in [-0.1, -0.05) is 78.9 Å². The van der Waals surface area contributed by atoms with E-state index in [0.29, 0.717) is 13.1 Å². The van der Waals surface area contributed by atoms with Gasteiger partial charge in [-0.2, -0.15) is 0 Å². The van der Waals surface area contributed by atoms with Crippen LogP contribution in [0.2, 0.25) is 0 Å². The molecule has 0 bridgehead atoms. The highest BCUT2D eigenvalue weighted by molar-refractivity contribution is 5.73. The highest BCUT2D eigenvalue weighted by Gasteiger charge is 2.32. The van der Waals surface area contributed by atoms with Gasteiger partial charge in [0, 0.05) is 38.2 Å². The van der Waals surface area contributed by atoms with Crippen molar-refractivity contribution in [3.63, 3.8) is 0 Å². The monoisotopic (exact) mass is 503 g/mol. The fourth-order valence-corrected chi connectivity index (χ4v) is 4.54. The standard InChI is InChI=1S/C30H37N3O4/c1-3-31-30(35)32-18-22-9-15-26(16-10-22)29-36-27(20-33(2)19-23-7-5-4-6-8-23)17-28(37-29)25-13-11-24(21-34)12-14-25/h4-16,27-29,34H,3,17-21H2,1-2H3,(H2,31,32,35). The van der Waals surface area contributed by atoms with Crippen molar-refractivity contribution < 1.29 is 19.4 Å². The number of aliphatic hydroxyl groups is 1. The number of ether oxygens (including phenoxy) is 2. The summed E-state index contributed by atoms with van der Waals surface area (Å²) in [5.74, 6) is 0. The van der Waals surface area contributed by atoms with E-state index in [0.717, 1.165) is 41.8 Å². The van der Waals surface area contributed by atoms with Gasteiger partial charge in [0.2, 0.25) is 0 Å². The Balaban J connectivity index is 1.46. The second kappa shape index (κ2) is 13.4. The molecule has 7 nitrogen and oxygen atoms in total. The van der Waals surface area contributed by atoms with Crippen LogP contribution in [-0.4, -0.2) is 42.3 Å². The number of carbonyl (C=O) groups excluding carboxylic acids is 1. The van der Waals surface area contributed by atoms with Crippen molar-refractivity contribution in [2.24, 2.45) is 0 Å². The molecule has 1 heterocycles. The smallest absolute Gasteiger partial charge is 0.315 e. The third kappa shape index (κ3) is 7.87. The third-order valence-electron chi connectivity index (χ3n) is 6.47. The van der Waals surface area contributed by atoms with E-state index in [9.17, 15) is 9.90 Å². The molecule has 1 aliphatic heterocycles. The molecule has 3 N–H and O–H groups in total. The summed E-state index contributed by atoms with van der Waals surface area (Å²) in [5.41, 5.74) is 5.16. The topological polar surface area (TPSA) is 83.1 Å². The zero-order chi connectivity index (χ0) is 26.0.